The molecule has 1 amide bonds. The molecule has 0 bridgehead atoms. The number of nitrogens with zero attached hydrogens (tertiary/aromatic N) is 3. The number of carbonyl (C=O) groups is 1. The van der Waals surface area contributed by atoms with Crippen molar-refractivity contribution in [3.05, 3.63) is 66.4 Å². The van der Waals surface area contributed by atoms with Crippen LogP contribution in [0.5, 0.6) is 5.75 Å². The molecule has 24 heavy (non-hydrogen) atoms. The molecule has 0 aliphatic carbocycles. The van der Waals surface area contributed by atoms with E-state index < -0.39 is 0 Å². The zero-order chi connectivity index (χ0) is 16.9. The highest BCUT2D eigenvalue weighted by Crippen LogP contribution is 2.19. The van der Waals surface area contributed by atoms with Crippen LogP contribution in [0, 0.1) is 6.92 Å². The van der Waals surface area contributed by atoms with E-state index in [-0.39, 0.29) is 12.3 Å². The summed E-state index contributed by atoms with van der Waals surface area (Å²) in [6.07, 6.45) is 5.46. The van der Waals surface area contributed by atoms with Crippen LogP contribution in [0.3, 0.4) is 0 Å². The van der Waals surface area contributed by atoms with Crippen molar-refractivity contribution in [2.24, 2.45) is 0 Å². The highest BCUT2D eigenvalue weighted by Gasteiger charge is 2.11. The number of carbonyl (C=O) groups excluding carboxylic acids is 1. The number of methoxy groups -OCH3 is 1. The van der Waals surface area contributed by atoms with Gasteiger partial charge in [0.25, 0.3) is 0 Å². The van der Waals surface area contributed by atoms with Gasteiger partial charge in [-0.25, -0.2) is 9.97 Å². The lowest BCUT2D eigenvalue weighted by atomic mass is 10.1. The number of aryl methyl sites for hydroxylation is 1. The van der Waals surface area contributed by atoms with Crippen LogP contribution in [-0.2, 0) is 11.2 Å². The normalized spacial score (nSPS) is 10.4. The third kappa shape index (κ3) is 3.43. The summed E-state index contributed by atoms with van der Waals surface area (Å²) in [6.45, 7) is 1.89. The molecule has 0 spiro atoms. The van der Waals surface area contributed by atoms with Crippen molar-refractivity contribution in [1.29, 1.82) is 0 Å². The van der Waals surface area contributed by atoms with Crippen LogP contribution in [0.2, 0.25) is 0 Å². The van der Waals surface area contributed by atoms with E-state index in [2.05, 4.69) is 15.3 Å². The largest absolute Gasteiger partial charge is 0.497 e. The molecule has 2 aromatic heterocycles. The average molecular weight is 322 g/mol. The van der Waals surface area contributed by atoms with Gasteiger partial charge in [-0.05, 0) is 36.8 Å². The molecule has 0 saturated carbocycles. The van der Waals surface area contributed by atoms with E-state index in [1.165, 1.54) is 0 Å². The summed E-state index contributed by atoms with van der Waals surface area (Å²) in [7, 11) is 1.61. The second kappa shape index (κ2) is 6.95. The van der Waals surface area contributed by atoms with E-state index in [9.17, 15) is 4.79 Å². The first-order chi connectivity index (χ1) is 11.7. The molecule has 6 nitrogen and oxygen atoms in total. The topological polar surface area (TPSA) is 69.0 Å². The number of pyridine rings is 1. The Hall–Kier alpha value is -3.15. The zero-order valence-corrected chi connectivity index (χ0v) is 13.6. The van der Waals surface area contributed by atoms with Gasteiger partial charge in [0, 0.05) is 18.6 Å². The van der Waals surface area contributed by atoms with Gasteiger partial charge in [-0.1, -0.05) is 12.1 Å². The molecule has 3 rings (SSSR count). The number of amides is 1. The average Bonchev–Trinajstić information content (AvgIpc) is 3.01. The molecule has 122 valence electrons. The fourth-order valence-corrected chi connectivity index (χ4v) is 2.45. The van der Waals surface area contributed by atoms with Gasteiger partial charge in [0.15, 0.2) is 5.82 Å². The number of imidazole rings is 1. The molecule has 0 fully saturated rings. The number of hydrogen-bond donors (Lipinski definition) is 1. The Bertz CT molecular complexity index is 857. The zero-order valence-electron chi connectivity index (χ0n) is 13.6. The first kappa shape index (κ1) is 15.7. The van der Waals surface area contributed by atoms with Crippen molar-refractivity contribution in [2.75, 3.05) is 12.4 Å². The molecule has 0 radical (unpaired) electrons. The molecule has 0 unspecified atom stereocenters. The summed E-state index contributed by atoms with van der Waals surface area (Å²) in [5, 5.41) is 2.92. The molecular formula is C18H18N4O2. The van der Waals surface area contributed by atoms with Crippen LogP contribution in [0.1, 0.15) is 11.4 Å². The number of ether oxygens (including phenoxy) is 1. The molecule has 0 atom stereocenters. The predicted octanol–water partition coefficient (Wildman–Crippen LogP) is 2.77. The minimum absolute atomic E-state index is 0.115. The maximum absolute atomic E-state index is 12.4. The SMILES string of the molecule is COc1cccc(CC(=O)Nc2cccnc2-n2ccnc2C)c1. The fraction of sp³-hybridized carbons (Fsp3) is 0.167. The number of rotatable bonds is 5. The number of benzene rings is 1. The Kier molecular flexibility index (Phi) is 4.56. The van der Waals surface area contributed by atoms with Crippen LogP contribution in [0.4, 0.5) is 5.69 Å². The Balaban J connectivity index is 1.79. The summed E-state index contributed by atoms with van der Waals surface area (Å²) in [6, 6.07) is 11.1. The molecular weight excluding hydrogens is 304 g/mol. The van der Waals surface area contributed by atoms with Crippen LogP contribution < -0.4 is 10.1 Å². The Labute approximate surface area is 140 Å². The van der Waals surface area contributed by atoms with Crippen molar-refractivity contribution in [3.63, 3.8) is 0 Å². The first-order valence-electron chi connectivity index (χ1n) is 7.55. The third-order valence-electron chi connectivity index (χ3n) is 3.61. The summed E-state index contributed by atoms with van der Waals surface area (Å²) < 4.78 is 7.02. The monoisotopic (exact) mass is 322 g/mol. The van der Waals surface area contributed by atoms with Gasteiger partial charge in [0.2, 0.25) is 5.91 Å². The molecule has 0 aliphatic heterocycles. The summed E-state index contributed by atoms with van der Waals surface area (Å²) in [5.41, 5.74) is 1.53. The first-order valence-corrected chi connectivity index (χ1v) is 7.55. The molecule has 0 aliphatic rings. The number of aromatic nitrogens is 3. The van der Waals surface area contributed by atoms with Crippen LogP contribution in [-0.4, -0.2) is 27.6 Å². The Morgan fingerprint density at radius 1 is 1.21 bits per heavy atom. The highest BCUT2D eigenvalue weighted by molar-refractivity contribution is 5.93. The van der Waals surface area contributed by atoms with E-state index in [1.807, 2.05) is 48.0 Å². The van der Waals surface area contributed by atoms with Crippen molar-refractivity contribution in [2.45, 2.75) is 13.3 Å². The van der Waals surface area contributed by atoms with Gasteiger partial charge in [0.1, 0.15) is 11.6 Å². The molecule has 6 heteroatoms. The molecule has 0 saturated heterocycles. The summed E-state index contributed by atoms with van der Waals surface area (Å²) in [5.74, 6) is 2.06. The van der Waals surface area contributed by atoms with E-state index >= 15 is 0 Å². The lowest BCUT2D eigenvalue weighted by molar-refractivity contribution is -0.115. The van der Waals surface area contributed by atoms with Gasteiger partial charge in [-0.3, -0.25) is 9.36 Å². The van der Waals surface area contributed by atoms with Gasteiger partial charge in [-0.15, -0.1) is 0 Å². The maximum atomic E-state index is 12.4. The van der Waals surface area contributed by atoms with Gasteiger partial charge in [-0.2, -0.15) is 0 Å². The molecule has 1 aromatic carbocycles. The van der Waals surface area contributed by atoms with Crippen LogP contribution in [0.15, 0.2) is 55.0 Å². The smallest absolute Gasteiger partial charge is 0.228 e. The van der Waals surface area contributed by atoms with Crippen molar-refractivity contribution in [1.82, 2.24) is 14.5 Å². The Morgan fingerprint density at radius 3 is 2.83 bits per heavy atom. The van der Waals surface area contributed by atoms with Crippen LogP contribution in [0.25, 0.3) is 5.82 Å². The molecule has 3 aromatic rings. The minimum atomic E-state index is -0.115. The lowest BCUT2D eigenvalue weighted by Crippen LogP contribution is -2.16. The van der Waals surface area contributed by atoms with Gasteiger partial charge in [0.05, 0.1) is 19.2 Å². The number of nitrogens with one attached hydrogen (secondary N) is 1. The number of anilines is 1. The van der Waals surface area contributed by atoms with Gasteiger partial charge >= 0.3 is 0 Å². The third-order valence-corrected chi connectivity index (χ3v) is 3.61. The second-order valence-corrected chi connectivity index (χ2v) is 5.30. The quantitative estimate of drug-likeness (QED) is 0.784. The minimum Gasteiger partial charge on any atom is -0.497 e. The van der Waals surface area contributed by atoms with E-state index in [4.69, 9.17) is 4.74 Å². The number of hydrogen-bond acceptors (Lipinski definition) is 4. The fourth-order valence-electron chi connectivity index (χ4n) is 2.45. The van der Waals surface area contributed by atoms with E-state index in [0.717, 1.165) is 17.1 Å². The second-order valence-electron chi connectivity index (χ2n) is 5.30. The standard InChI is InChI=1S/C18H18N4O2/c1-13-19-9-10-22(13)18-16(7-4-8-20-18)21-17(23)12-14-5-3-6-15(11-14)24-2/h3-11H,12H2,1-2H3,(H,21,23). The van der Waals surface area contributed by atoms with E-state index in [1.54, 1.807) is 25.6 Å². The van der Waals surface area contributed by atoms with Gasteiger partial charge < -0.3 is 10.1 Å². The van der Waals surface area contributed by atoms with Crippen molar-refractivity contribution >= 4 is 11.6 Å². The van der Waals surface area contributed by atoms with Crippen LogP contribution >= 0.6 is 0 Å². The van der Waals surface area contributed by atoms with Crippen molar-refractivity contribution in [3.8, 4) is 11.6 Å². The predicted molar refractivity (Wildman–Crippen MR) is 91.4 cm³/mol. The molecule has 2 heterocycles. The van der Waals surface area contributed by atoms with Crippen molar-refractivity contribution < 1.29 is 9.53 Å². The highest BCUT2D eigenvalue weighted by atomic mass is 16.5. The summed E-state index contributed by atoms with van der Waals surface area (Å²) >= 11 is 0. The summed E-state index contributed by atoms with van der Waals surface area (Å²) in [4.78, 5) is 20.9. The lowest BCUT2D eigenvalue weighted by Gasteiger charge is -2.12. The molecule has 1 N–H and O–H groups in total. The Morgan fingerprint density at radius 2 is 2.08 bits per heavy atom. The van der Waals surface area contributed by atoms with E-state index in [0.29, 0.717) is 11.5 Å². The maximum Gasteiger partial charge on any atom is 0.228 e.